The van der Waals surface area contributed by atoms with E-state index in [2.05, 4.69) is 30.8 Å². The highest BCUT2D eigenvalue weighted by Gasteiger charge is 2.22. The van der Waals surface area contributed by atoms with E-state index < -0.39 is 6.03 Å². The summed E-state index contributed by atoms with van der Waals surface area (Å²) in [5.41, 5.74) is 2.54. The number of aromatic nitrogens is 3. The number of amides is 3. The van der Waals surface area contributed by atoms with Crippen LogP contribution in [0.1, 0.15) is 16.8 Å². The molecular formula is C29H34N8O5. The molecule has 1 aromatic heterocycles. The van der Waals surface area contributed by atoms with Crippen molar-refractivity contribution in [1.82, 2.24) is 25.2 Å². The topological polar surface area (TPSA) is 143 Å². The third kappa shape index (κ3) is 6.93. The number of hydrogen-bond acceptors (Lipinski definition) is 10. The van der Waals surface area contributed by atoms with Gasteiger partial charge in [0, 0.05) is 68.2 Å². The number of carbonyl (C=O) groups excluding carboxylic acids is 2. The second-order valence-corrected chi connectivity index (χ2v) is 10.2. The van der Waals surface area contributed by atoms with Gasteiger partial charge >= 0.3 is 12.0 Å². The Labute approximate surface area is 243 Å². The van der Waals surface area contributed by atoms with Gasteiger partial charge in [-0.3, -0.25) is 4.79 Å². The number of nitrogens with one attached hydrogen (secondary N) is 3. The van der Waals surface area contributed by atoms with Crippen LogP contribution in [0.4, 0.5) is 22.1 Å². The molecule has 3 fully saturated rings. The molecule has 3 saturated heterocycles. The van der Waals surface area contributed by atoms with Gasteiger partial charge in [0.15, 0.2) is 5.82 Å². The van der Waals surface area contributed by atoms with E-state index in [9.17, 15) is 9.59 Å². The van der Waals surface area contributed by atoms with Crippen molar-refractivity contribution in [1.29, 1.82) is 0 Å². The minimum Gasteiger partial charge on any atom is -0.457 e. The molecule has 3 amide bonds. The first-order valence-corrected chi connectivity index (χ1v) is 14.2. The van der Waals surface area contributed by atoms with Crippen molar-refractivity contribution in [2.75, 3.05) is 81.2 Å². The maximum Gasteiger partial charge on any atom is 0.323 e. The molecule has 220 valence electrons. The molecule has 0 bridgehead atoms. The summed E-state index contributed by atoms with van der Waals surface area (Å²) in [5, 5.41) is 8.88. The molecule has 0 spiro atoms. The summed E-state index contributed by atoms with van der Waals surface area (Å²) in [7, 11) is 0. The molecule has 3 aromatic rings. The van der Waals surface area contributed by atoms with Crippen molar-refractivity contribution in [3.8, 4) is 17.4 Å². The van der Waals surface area contributed by atoms with Gasteiger partial charge in [-0.05, 0) is 48.5 Å². The SMILES string of the molecule is O=C(Nc1ccc(C(=O)N2CCNCC2)cc1)Nc1ccc(-c2nc(OC3CCOC3)nc(N3CCOCC3)n2)cc1. The second-order valence-electron chi connectivity index (χ2n) is 10.2. The number of rotatable bonds is 7. The highest BCUT2D eigenvalue weighted by molar-refractivity contribution is 6.00. The maximum atomic E-state index is 12.7. The lowest BCUT2D eigenvalue weighted by Crippen LogP contribution is -2.46. The molecule has 13 nitrogen and oxygen atoms in total. The highest BCUT2D eigenvalue weighted by Crippen LogP contribution is 2.24. The van der Waals surface area contributed by atoms with Gasteiger partial charge in [-0.15, -0.1) is 0 Å². The summed E-state index contributed by atoms with van der Waals surface area (Å²) < 4.78 is 16.9. The molecule has 3 aliphatic heterocycles. The molecule has 13 heteroatoms. The lowest BCUT2D eigenvalue weighted by molar-refractivity contribution is 0.0736. The van der Waals surface area contributed by atoms with E-state index in [0.29, 0.717) is 81.3 Å². The smallest absolute Gasteiger partial charge is 0.323 e. The summed E-state index contributed by atoms with van der Waals surface area (Å²) in [6.45, 7) is 6.71. The van der Waals surface area contributed by atoms with Crippen molar-refractivity contribution >= 4 is 29.3 Å². The average Bonchev–Trinajstić information content (AvgIpc) is 3.55. The van der Waals surface area contributed by atoms with Gasteiger partial charge in [0.05, 0.1) is 26.4 Å². The van der Waals surface area contributed by atoms with E-state index in [1.165, 1.54) is 0 Å². The van der Waals surface area contributed by atoms with Gasteiger partial charge in [-0.25, -0.2) is 4.79 Å². The van der Waals surface area contributed by atoms with Crippen LogP contribution in [0.3, 0.4) is 0 Å². The molecule has 1 atom stereocenters. The number of benzene rings is 2. The van der Waals surface area contributed by atoms with Crippen molar-refractivity contribution in [2.45, 2.75) is 12.5 Å². The Morgan fingerprint density at radius 3 is 2.19 bits per heavy atom. The van der Waals surface area contributed by atoms with Gasteiger partial charge in [-0.2, -0.15) is 15.0 Å². The average molecular weight is 575 g/mol. The number of nitrogens with zero attached hydrogens (tertiary/aromatic N) is 5. The predicted molar refractivity (Wildman–Crippen MR) is 156 cm³/mol. The summed E-state index contributed by atoms with van der Waals surface area (Å²) in [6, 6.07) is 14.0. The molecule has 42 heavy (non-hydrogen) atoms. The van der Waals surface area contributed by atoms with Gasteiger partial charge in [0.1, 0.15) is 6.10 Å². The third-order valence-electron chi connectivity index (χ3n) is 7.25. The normalized spacial score (nSPS) is 18.9. The zero-order valence-electron chi connectivity index (χ0n) is 23.3. The third-order valence-corrected chi connectivity index (χ3v) is 7.25. The van der Waals surface area contributed by atoms with Gasteiger partial charge in [0.25, 0.3) is 5.91 Å². The molecule has 3 aliphatic rings. The number of anilines is 3. The standard InChI is InChI=1S/C29H34N8O5/c38-26(36-12-10-30-11-13-36)21-3-7-23(8-4-21)32-28(39)31-22-5-1-20(2-6-22)25-33-27(37-14-17-40-18-15-37)35-29(34-25)42-24-9-16-41-19-24/h1-8,24,30H,9-19H2,(H2,31,32,39). The number of ether oxygens (including phenoxy) is 3. The number of urea groups is 1. The Kier molecular flexibility index (Phi) is 8.68. The minimum absolute atomic E-state index is 0.00549. The van der Waals surface area contributed by atoms with E-state index in [4.69, 9.17) is 19.2 Å². The van der Waals surface area contributed by atoms with Crippen LogP contribution in [0, 0.1) is 0 Å². The van der Waals surface area contributed by atoms with E-state index >= 15 is 0 Å². The van der Waals surface area contributed by atoms with E-state index in [1.807, 2.05) is 17.0 Å². The molecule has 0 saturated carbocycles. The quantitative estimate of drug-likeness (QED) is 0.384. The van der Waals surface area contributed by atoms with Crippen LogP contribution >= 0.6 is 0 Å². The Balaban J connectivity index is 1.10. The molecule has 4 heterocycles. The lowest BCUT2D eigenvalue weighted by atomic mass is 10.1. The van der Waals surface area contributed by atoms with Crippen molar-refractivity contribution < 1.29 is 23.8 Å². The van der Waals surface area contributed by atoms with Crippen LogP contribution in [0.5, 0.6) is 6.01 Å². The number of carbonyl (C=O) groups is 2. The summed E-state index contributed by atoms with van der Waals surface area (Å²) in [4.78, 5) is 43.0. The van der Waals surface area contributed by atoms with Crippen LogP contribution in [-0.2, 0) is 9.47 Å². The Morgan fingerprint density at radius 1 is 0.833 bits per heavy atom. The Morgan fingerprint density at radius 2 is 1.52 bits per heavy atom. The highest BCUT2D eigenvalue weighted by atomic mass is 16.6. The Bertz CT molecular complexity index is 1370. The van der Waals surface area contributed by atoms with Crippen molar-refractivity contribution in [3.05, 3.63) is 54.1 Å². The van der Waals surface area contributed by atoms with E-state index in [1.54, 1.807) is 36.4 Å². The Hall–Kier alpha value is -4.33. The van der Waals surface area contributed by atoms with Gasteiger partial charge in [-0.1, -0.05) is 0 Å². The first kappa shape index (κ1) is 27.8. The molecule has 1 unspecified atom stereocenters. The monoisotopic (exact) mass is 574 g/mol. The number of morpholine rings is 1. The summed E-state index contributed by atoms with van der Waals surface area (Å²) >= 11 is 0. The molecule has 3 N–H and O–H groups in total. The number of hydrogen-bond donors (Lipinski definition) is 3. The fourth-order valence-electron chi connectivity index (χ4n) is 4.93. The molecule has 2 aromatic carbocycles. The fraction of sp³-hybridized carbons (Fsp3) is 0.414. The molecular weight excluding hydrogens is 540 g/mol. The summed E-state index contributed by atoms with van der Waals surface area (Å²) in [5.74, 6) is 1.01. The van der Waals surface area contributed by atoms with Crippen molar-refractivity contribution in [2.24, 2.45) is 0 Å². The second kappa shape index (κ2) is 13.1. The molecule has 0 aliphatic carbocycles. The van der Waals surface area contributed by atoms with Crippen LogP contribution < -0.4 is 25.6 Å². The first-order chi connectivity index (χ1) is 20.6. The zero-order valence-corrected chi connectivity index (χ0v) is 23.3. The lowest BCUT2D eigenvalue weighted by Gasteiger charge is -2.27. The molecule has 6 rings (SSSR count). The van der Waals surface area contributed by atoms with Crippen LogP contribution in [0.15, 0.2) is 48.5 Å². The van der Waals surface area contributed by atoms with Crippen LogP contribution in [-0.4, -0.2) is 104 Å². The minimum atomic E-state index is -0.395. The maximum absolute atomic E-state index is 12.7. The zero-order chi connectivity index (χ0) is 28.7. The first-order valence-electron chi connectivity index (χ1n) is 14.2. The van der Waals surface area contributed by atoms with Crippen LogP contribution in [0.25, 0.3) is 11.4 Å². The fourth-order valence-corrected chi connectivity index (χ4v) is 4.93. The van der Waals surface area contributed by atoms with E-state index in [0.717, 1.165) is 25.1 Å². The van der Waals surface area contributed by atoms with Gasteiger partial charge < -0.3 is 40.0 Å². The van der Waals surface area contributed by atoms with Crippen LogP contribution in [0.2, 0.25) is 0 Å². The largest absolute Gasteiger partial charge is 0.457 e. The van der Waals surface area contributed by atoms with E-state index in [-0.39, 0.29) is 18.0 Å². The van der Waals surface area contributed by atoms with Gasteiger partial charge in [0.2, 0.25) is 5.95 Å². The molecule has 0 radical (unpaired) electrons. The number of piperazine rings is 1. The predicted octanol–water partition coefficient (Wildman–Crippen LogP) is 2.23. The van der Waals surface area contributed by atoms with Crippen molar-refractivity contribution in [3.63, 3.8) is 0 Å². The summed E-state index contributed by atoms with van der Waals surface area (Å²) in [6.07, 6.45) is 0.696.